The van der Waals surface area contributed by atoms with Gasteiger partial charge in [0, 0.05) is 49.4 Å². The molecular formula is C28H30N4OS. The average molecular weight is 471 g/mol. The summed E-state index contributed by atoms with van der Waals surface area (Å²) in [5.41, 5.74) is 4.04. The van der Waals surface area contributed by atoms with E-state index in [4.69, 9.17) is 4.37 Å². The van der Waals surface area contributed by atoms with Crippen molar-refractivity contribution in [2.75, 3.05) is 42.9 Å². The van der Waals surface area contributed by atoms with Crippen molar-refractivity contribution >= 4 is 39.0 Å². The second-order valence-corrected chi connectivity index (χ2v) is 9.59. The van der Waals surface area contributed by atoms with Crippen molar-refractivity contribution in [3.63, 3.8) is 0 Å². The number of carbonyl (C=O) groups excluding carboxylic acids is 1. The van der Waals surface area contributed by atoms with Gasteiger partial charge in [-0.15, -0.1) is 0 Å². The van der Waals surface area contributed by atoms with E-state index in [1.54, 1.807) is 11.5 Å². The summed E-state index contributed by atoms with van der Waals surface area (Å²) >= 11 is 1.59. The molecule has 1 aliphatic rings. The molecule has 5 rings (SSSR count). The van der Waals surface area contributed by atoms with Crippen LogP contribution >= 0.6 is 11.5 Å². The van der Waals surface area contributed by atoms with E-state index in [2.05, 4.69) is 58.4 Å². The number of nitrogens with zero attached hydrogens (tertiary/aromatic N) is 3. The van der Waals surface area contributed by atoms with Crippen LogP contribution in [-0.2, 0) is 12.8 Å². The van der Waals surface area contributed by atoms with Crippen molar-refractivity contribution in [2.45, 2.75) is 19.8 Å². The van der Waals surface area contributed by atoms with Crippen molar-refractivity contribution in [1.82, 2.24) is 9.27 Å². The fourth-order valence-corrected chi connectivity index (χ4v) is 5.22. The standard InChI is InChI=1S/C28H30N4OS/c1-2-21-7-11-23(12-8-21)28(33)29-24-13-9-22(10-14-24)15-16-31-17-19-32(20-18-31)27-25-5-3-4-6-26(25)34-30-27/h3-14H,2,15-20H2,1H3,(H,29,33). The number of hydrogen-bond acceptors (Lipinski definition) is 5. The lowest BCUT2D eigenvalue weighted by Gasteiger charge is -2.35. The second-order valence-electron chi connectivity index (χ2n) is 8.78. The molecule has 174 valence electrons. The highest BCUT2D eigenvalue weighted by Crippen LogP contribution is 2.29. The van der Waals surface area contributed by atoms with Gasteiger partial charge in [0.05, 0.1) is 4.70 Å². The normalized spacial score (nSPS) is 14.4. The monoisotopic (exact) mass is 470 g/mol. The maximum atomic E-state index is 12.5. The Morgan fingerprint density at radius 3 is 2.35 bits per heavy atom. The van der Waals surface area contributed by atoms with E-state index < -0.39 is 0 Å². The number of carbonyl (C=O) groups is 1. The van der Waals surface area contributed by atoms with Crippen molar-refractivity contribution in [3.05, 3.63) is 89.5 Å². The number of fused-ring (bicyclic) bond motifs is 1. The van der Waals surface area contributed by atoms with Gasteiger partial charge < -0.3 is 10.2 Å². The minimum absolute atomic E-state index is 0.0684. The van der Waals surface area contributed by atoms with Crippen LogP contribution in [0, 0.1) is 0 Å². The largest absolute Gasteiger partial charge is 0.353 e. The highest BCUT2D eigenvalue weighted by molar-refractivity contribution is 7.13. The molecule has 0 unspecified atom stereocenters. The number of hydrogen-bond donors (Lipinski definition) is 1. The molecule has 0 bridgehead atoms. The molecule has 0 radical (unpaired) electrons. The molecule has 0 spiro atoms. The van der Waals surface area contributed by atoms with E-state index >= 15 is 0 Å². The van der Waals surface area contributed by atoms with Gasteiger partial charge in [0.1, 0.15) is 5.82 Å². The Balaban J connectivity index is 1.10. The number of aryl methyl sites for hydroxylation is 1. The Hall–Kier alpha value is -3.22. The molecule has 0 saturated carbocycles. The summed E-state index contributed by atoms with van der Waals surface area (Å²) in [5.74, 6) is 1.07. The van der Waals surface area contributed by atoms with Gasteiger partial charge in [0.2, 0.25) is 0 Å². The van der Waals surface area contributed by atoms with Crippen LogP contribution in [0.3, 0.4) is 0 Å². The number of amides is 1. The maximum absolute atomic E-state index is 12.5. The molecule has 6 heteroatoms. The molecular weight excluding hydrogens is 440 g/mol. The van der Waals surface area contributed by atoms with Gasteiger partial charge in [0.25, 0.3) is 5.91 Å². The lowest BCUT2D eigenvalue weighted by molar-refractivity contribution is 0.102. The molecule has 1 amide bonds. The van der Waals surface area contributed by atoms with Crippen LogP contribution in [0.25, 0.3) is 10.1 Å². The van der Waals surface area contributed by atoms with Gasteiger partial charge >= 0.3 is 0 Å². The number of aromatic nitrogens is 1. The quantitative estimate of drug-likeness (QED) is 0.389. The van der Waals surface area contributed by atoms with E-state index in [1.807, 2.05) is 36.4 Å². The Morgan fingerprint density at radius 2 is 1.62 bits per heavy atom. The third kappa shape index (κ3) is 5.13. The number of benzene rings is 3. The molecule has 0 aliphatic carbocycles. The van der Waals surface area contributed by atoms with E-state index in [-0.39, 0.29) is 5.91 Å². The molecule has 34 heavy (non-hydrogen) atoms. The average Bonchev–Trinajstić information content (AvgIpc) is 3.33. The van der Waals surface area contributed by atoms with Crippen molar-refractivity contribution in [3.8, 4) is 0 Å². The zero-order valence-corrected chi connectivity index (χ0v) is 20.4. The molecule has 1 N–H and O–H groups in total. The summed E-state index contributed by atoms with van der Waals surface area (Å²) < 4.78 is 5.97. The van der Waals surface area contributed by atoms with Crippen molar-refractivity contribution in [2.24, 2.45) is 0 Å². The highest BCUT2D eigenvalue weighted by Gasteiger charge is 2.20. The molecule has 3 aromatic carbocycles. The van der Waals surface area contributed by atoms with E-state index in [9.17, 15) is 4.79 Å². The predicted octanol–water partition coefficient (Wildman–Crippen LogP) is 5.48. The summed E-state index contributed by atoms with van der Waals surface area (Å²) in [6.45, 7) is 7.28. The summed E-state index contributed by atoms with van der Waals surface area (Å²) in [6, 6.07) is 24.5. The van der Waals surface area contributed by atoms with E-state index in [0.717, 1.165) is 57.1 Å². The molecule has 4 aromatic rings. The Morgan fingerprint density at radius 1 is 0.912 bits per heavy atom. The van der Waals surface area contributed by atoms with Crippen LogP contribution in [0.5, 0.6) is 0 Å². The number of rotatable bonds is 7. The Bertz CT molecular complexity index is 1240. The summed E-state index contributed by atoms with van der Waals surface area (Å²) in [7, 11) is 0. The predicted molar refractivity (Wildman–Crippen MR) is 142 cm³/mol. The molecule has 1 aliphatic heterocycles. The molecule has 2 heterocycles. The summed E-state index contributed by atoms with van der Waals surface area (Å²) in [4.78, 5) is 17.4. The molecule has 0 atom stereocenters. The number of piperazine rings is 1. The van der Waals surface area contributed by atoms with Crippen LogP contribution in [0.15, 0.2) is 72.8 Å². The minimum Gasteiger partial charge on any atom is -0.353 e. The SMILES string of the molecule is CCc1ccc(C(=O)Nc2ccc(CCN3CCN(c4nsc5ccccc45)CC3)cc2)cc1. The minimum atomic E-state index is -0.0684. The fourth-order valence-electron chi connectivity index (χ4n) is 4.42. The first-order valence-electron chi connectivity index (χ1n) is 12.0. The van der Waals surface area contributed by atoms with Gasteiger partial charge in [-0.25, -0.2) is 0 Å². The van der Waals surface area contributed by atoms with Crippen molar-refractivity contribution in [1.29, 1.82) is 0 Å². The van der Waals surface area contributed by atoms with E-state index in [0.29, 0.717) is 5.56 Å². The molecule has 1 aromatic heterocycles. The number of anilines is 2. The first-order valence-corrected chi connectivity index (χ1v) is 12.8. The van der Waals surface area contributed by atoms with Crippen molar-refractivity contribution < 1.29 is 4.79 Å². The lowest BCUT2D eigenvalue weighted by Crippen LogP contribution is -2.47. The molecule has 1 saturated heterocycles. The van der Waals surface area contributed by atoms with Crippen LogP contribution in [-0.4, -0.2) is 47.9 Å². The van der Waals surface area contributed by atoms with Crippen LogP contribution < -0.4 is 10.2 Å². The highest BCUT2D eigenvalue weighted by atomic mass is 32.1. The van der Waals surface area contributed by atoms with E-state index in [1.165, 1.54) is 21.2 Å². The first kappa shape index (κ1) is 22.6. The van der Waals surface area contributed by atoms with Gasteiger partial charge in [-0.05, 0) is 71.9 Å². The lowest BCUT2D eigenvalue weighted by atomic mass is 10.1. The van der Waals surface area contributed by atoms with Gasteiger partial charge in [-0.3, -0.25) is 9.69 Å². The summed E-state index contributed by atoms with van der Waals surface area (Å²) in [5, 5.41) is 4.27. The van der Waals surface area contributed by atoms with Crippen LogP contribution in [0.1, 0.15) is 28.4 Å². The van der Waals surface area contributed by atoms with Gasteiger partial charge in [-0.1, -0.05) is 43.3 Å². The third-order valence-corrected chi connectivity index (χ3v) is 7.40. The Kier molecular flexibility index (Phi) is 6.88. The fraction of sp³-hybridized carbons (Fsp3) is 0.286. The van der Waals surface area contributed by atoms with Crippen LogP contribution in [0.2, 0.25) is 0 Å². The second kappa shape index (κ2) is 10.4. The number of nitrogens with one attached hydrogen (secondary N) is 1. The zero-order chi connectivity index (χ0) is 23.3. The van der Waals surface area contributed by atoms with Gasteiger partial charge in [-0.2, -0.15) is 4.37 Å². The topological polar surface area (TPSA) is 48.5 Å². The summed E-state index contributed by atoms with van der Waals surface area (Å²) in [6.07, 6.45) is 1.98. The first-order chi connectivity index (χ1) is 16.7. The van der Waals surface area contributed by atoms with Gasteiger partial charge in [0.15, 0.2) is 0 Å². The smallest absolute Gasteiger partial charge is 0.255 e. The third-order valence-electron chi connectivity index (χ3n) is 6.58. The van der Waals surface area contributed by atoms with Crippen LogP contribution in [0.4, 0.5) is 11.5 Å². The zero-order valence-electron chi connectivity index (χ0n) is 19.5. The maximum Gasteiger partial charge on any atom is 0.255 e. The molecule has 5 nitrogen and oxygen atoms in total. The molecule has 1 fully saturated rings. The Labute approximate surface area is 205 Å².